The van der Waals surface area contributed by atoms with Crippen LogP contribution in [0.4, 0.5) is 10.1 Å². The average molecular weight is 285 g/mol. The number of halogens is 2. The first-order valence-corrected chi connectivity index (χ1v) is 7.14. The van der Waals surface area contributed by atoms with Gasteiger partial charge in [-0.3, -0.25) is 0 Å². The van der Waals surface area contributed by atoms with Crippen LogP contribution in [0.3, 0.4) is 0 Å². The van der Waals surface area contributed by atoms with Crippen LogP contribution >= 0.6 is 11.6 Å². The van der Waals surface area contributed by atoms with Gasteiger partial charge >= 0.3 is 0 Å². The summed E-state index contributed by atoms with van der Waals surface area (Å²) in [6.45, 7) is 10.5. The minimum absolute atomic E-state index is 0.0180. The standard InChI is InChI=1S/C15H22ClFN2/c1-10(2)14-8-18-15(3,4)9-19(14)13-6-11(16)5-12(17)7-13/h5-7,10,14,18H,8-9H2,1-4H3. The number of nitrogens with one attached hydrogen (secondary N) is 1. The van der Waals surface area contributed by atoms with Crippen LogP contribution < -0.4 is 10.2 Å². The molecule has 0 aliphatic carbocycles. The first-order chi connectivity index (χ1) is 8.78. The van der Waals surface area contributed by atoms with Gasteiger partial charge in [-0.25, -0.2) is 4.39 Å². The molecule has 1 N–H and O–H groups in total. The minimum atomic E-state index is -0.277. The van der Waals surface area contributed by atoms with E-state index < -0.39 is 0 Å². The fourth-order valence-electron chi connectivity index (χ4n) is 2.67. The SMILES string of the molecule is CC(C)C1CNC(C)(C)CN1c1cc(F)cc(Cl)c1. The Morgan fingerprint density at radius 3 is 2.63 bits per heavy atom. The molecule has 1 unspecified atom stereocenters. The van der Waals surface area contributed by atoms with Crippen LogP contribution in [-0.4, -0.2) is 24.7 Å². The van der Waals surface area contributed by atoms with E-state index in [1.807, 2.05) is 6.07 Å². The summed E-state index contributed by atoms with van der Waals surface area (Å²) in [5.74, 6) is 0.215. The molecular weight excluding hydrogens is 263 g/mol. The molecule has 1 aromatic rings. The smallest absolute Gasteiger partial charge is 0.126 e. The molecule has 2 nitrogen and oxygen atoms in total. The van der Waals surface area contributed by atoms with Crippen LogP contribution in [0.15, 0.2) is 18.2 Å². The van der Waals surface area contributed by atoms with Crippen LogP contribution in [0, 0.1) is 11.7 Å². The van der Waals surface area contributed by atoms with Crippen molar-refractivity contribution < 1.29 is 4.39 Å². The van der Waals surface area contributed by atoms with E-state index in [1.165, 1.54) is 6.07 Å². The Morgan fingerprint density at radius 1 is 1.37 bits per heavy atom. The van der Waals surface area contributed by atoms with Gasteiger partial charge in [0.05, 0.1) is 0 Å². The van der Waals surface area contributed by atoms with Crippen LogP contribution in [-0.2, 0) is 0 Å². The molecular formula is C15H22ClFN2. The highest BCUT2D eigenvalue weighted by atomic mass is 35.5. The normalized spacial score (nSPS) is 22.9. The molecule has 1 fully saturated rings. The molecule has 1 aliphatic rings. The zero-order chi connectivity index (χ0) is 14.2. The summed E-state index contributed by atoms with van der Waals surface area (Å²) in [6, 6.07) is 5.12. The van der Waals surface area contributed by atoms with Gasteiger partial charge in [0.15, 0.2) is 0 Å². The summed E-state index contributed by atoms with van der Waals surface area (Å²) in [5.41, 5.74) is 0.891. The van der Waals surface area contributed by atoms with Crippen molar-refractivity contribution in [2.45, 2.75) is 39.3 Å². The number of rotatable bonds is 2. The van der Waals surface area contributed by atoms with Crippen molar-refractivity contribution in [3.8, 4) is 0 Å². The molecule has 19 heavy (non-hydrogen) atoms. The van der Waals surface area contributed by atoms with E-state index in [4.69, 9.17) is 11.6 Å². The van der Waals surface area contributed by atoms with Crippen molar-refractivity contribution in [1.82, 2.24) is 5.32 Å². The van der Waals surface area contributed by atoms with Crippen LogP contribution in [0.2, 0.25) is 5.02 Å². The molecule has 1 saturated heterocycles. The molecule has 0 aromatic heterocycles. The maximum Gasteiger partial charge on any atom is 0.126 e. The Bertz CT molecular complexity index is 439. The molecule has 0 spiro atoms. The van der Waals surface area contributed by atoms with Gasteiger partial charge in [-0.2, -0.15) is 0 Å². The van der Waals surface area contributed by atoms with Crippen LogP contribution in [0.25, 0.3) is 0 Å². The molecule has 4 heteroatoms. The third-order valence-corrected chi connectivity index (χ3v) is 3.92. The second-order valence-corrected chi connectivity index (χ2v) is 6.77. The van der Waals surface area contributed by atoms with E-state index in [0.717, 1.165) is 18.8 Å². The lowest BCUT2D eigenvalue weighted by molar-refractivity contribution is 0.277. The largest absolute Gasteiger partial charge is 0.365 e. The number of piperazine rings is 1. The molecule has 106 valence electrons. The number of hydrogen-bond acceptors (Lipinski definition) is 2. The van der Waals surface area contributed by atoms with Gasteiger partial charge in [0.2, 0.25) is 0 Å². The third kappa shape index (κ3) is 3.40. The molecule has 0 radical (unpaired) electrons. The topological polar surface area (TPSA) is 15.3 Å². The lowest BCUT2D eigenvalue weighted by Crippen LogP contribution is -2.63. The molecule has 1 aliphatic heterocycles. The number of anilines is 1. The predicted molar refractivity (Wildman–Crippen MR) is 79.5 cm³/mol. The Labute approximate surface area is 119 Å². The third-order valence-electron chi connectivity index (χ3n) is 3.70. The molecule has 1 aromatic carbocycles. The maximum absolute atomic E-state index is 13.6. The van der Waals surface area contributed by atoms with Crippen LogP contribution in [0.1, 0.15) is 27.7 Å². The first-order valence-electron chi connectivity index (χ1n) is 6.76. The average Bonchev–Trinajstić information content (AvgIpc) is 2.25. The van der Waals surface area contributed by atoms with E-state index in [1.54, 1.807) is 6.07 Å². The van der Waals surface area contributed by atoms with Gasteiger partial charge in [-0.15, -0.1) is 0 Å². The molecule has 1 atom stereocenters. The summed E-state index contributed by atoms with van der Waals surface area (Å²) in [5, 5.41) is 4.00. The number of benzene rings is 1. The van der Waals surface area contributed by atoms with Crippen molar-refractivity contribution >= 4 is 17.3 Å². The molecule has 0 amide bonds. The van der Waals surface area contributed by atoms with E-state index >= 15 is 0 Å². The summed E-state index contributed by atoms with van der Waals surface area (Å²) in [7, 11) is 0. The van der Waals surface area contributed by atoms with E-state index in [0.29, 0.717) is 17.0 Å². The number of hydrogen-bond donors (Lipinski definition) is 1. The zero-order valence-electron chi connectivity index (χ0n) is 12.0. The van der Waals surface area contributed by atoms with Gasteiger partial charge in [0, 0.05) is 35.4 Å². The lowest BCUT2D eigenvalue weighted by Gasteiger charge is -2.47. The highest BCUT2D eigenvalue weighted by molar-refractivity contribution is 6.30. The highest BCUT2D eigenvalue weighted by Crippen LogP contribution is 2.29. The Morgan fingerprint density at radius 2 is 2.05 bits per heavy atom. The molecule has 0 saturated carbocycles. The molecule has 0 bridgehead atoms. The Hall–Kier alpha value is -0.800. The Balaban J connectivity index is 2.36. The van der Waals surface area contributed by atoms with E-state index in [-0.39, 0.29) is 11.4 Å². The quantitative estimate of drug-likeness (QED) is 0.891. The summed E-state index contributed by atoms with van der Waals surface area (Å²) in [4.78, 5) is 2.27. The summed E-state index contributed by atoms with van der Waals surface area (Å²) >= 11 is 5.99. The predicted octanol–water partition coefficient (Wildman–Crippen LogP) is 3.69. The van der Waals surface area contributed by atoms with E-state index in [2.05, 4.69) is 37.9 Å². The molecule has 2 rings (SSSR count). The Kier molecular flexibility index (Phi) is 4.07. The zero-order valence-corrected chi connectivity index (χ0v) is 12.8. The van der Waals surface area contributed by atoms with Gasteiger partial charge < -0.3 is 10.2 Å². The van der Waals surface area contributed by atoms with Gasteiger partial charge in [-0.1, -0.05) is 25.4 Å². The second-order valence-electron chi connectivity index (χ2n) is 6.33. The summed E-state index contributed by atoms with van der Waals surface area (Å²) < 4.78 is 13.6. The van der Waals surface area contributed by atoms with Gasteiger partial charge in [0.25, 0.3) is 0 Å². The lowest BCUT2D eigenvalue weighted by atomic mass is 9.92. The van der Waals surface area contributed by atoms with Crippen molar-refractivity contribution in [3.05, 3.63) is 29.0 Å². The van der Waals surface area contributed by atoms with Gasteiger partial charge in [-0.05, 0) is 38.0 Å². The van der Waals surface area contributed by atoms with Crippen molar-refractivity contribution in [2.75, 3.05) is 18.0 Å². The molecule has 1 heterocycles. The minimum Gasteiger partial charge on any atom is -0.365 e. The summed E-state index contributed by atoms with van der Waals surface area (Å²) in [6.07, 6.45) is 0. The monoisotopic (exact) mass is 284 g/mol. The first kappa shape index (κ1) is 14.6. The fraction of sp³-hybridized carbons (Fsp3) is 0.600. The van der Waals surface area contributed by atoms with Crippen molar-refractivity contribution in [3.63, 3.8) is 0 Å². The van der Waals surface area contributed by atoms with Crippen LogP contribution in [0.5, 0.6) is 0 Å². The fourth-order valence-corrected chi connectivity index (χ4v) is 2.89. The van der Waals surface area contributed by atoms with Crippen molar-refractivity contribution in [1.29, 1.82) is 0 Å². The van der Waals surface area contributed by atoms with Crippen molar-refractivity contribution in [2.24, 2.45) is 5.92 Å². The van der Waals surface area contributed by atoms with Gasteiger partial charge in [0.1, 0.15) is 5.82 Å². The second kappa shape index (κ2) is 5.29. The highest BCUT2D eigenvalue weighted by Gasteiger charge is 2.34. The number of nitrogens with zero attached hydrogens (tertiary/aromatic N) is 1. The van der Waals surface area contributed by atoms with E-state index in [9.17, 15) is 4.39 Å². The maximum atomic E-state index is 13.6.